The van der Waals surface area contributed by atoms with Crippen LogP contribution in [0.2, 0.25) is 0 Å². The highest BCUT2D eigenvalue weighted by Gasteiger charge is 2.61. The second-order valence-electron chi connectivity index (χ2n) is 4.11. The van der Waals surface area contributed by atoms with Crippen LogP contribution in [0.25, 0.3) is 0 Å². The zero-order valence-electron chi connectivity index (χ0n) is 8.29. The first-order chi connectivity index (χ1) is 6.87. The van der Waals surface area contributed by atoms with Gasteiger partial charge >= 0.3 is 0 Å². The van der Waals surface area contributed by atoms with Crippen LogP contribution in [0.5, 0.6) is 0 Å². The van der Waals surface area contributed by atoms with Crippen molar-refractivity contribution in [1.29, 1.82) is 0 Å². The number of fused-ring (bicyclic) bond motifs is 1. The van der Waals surface area contributed by atoms with Gasteiger partial charge in [-0.15, -0.1) is 0 Å². The lowest BCUT2D eigenvalue weighted by molar-refractivity contribution is -0.360. The van der Waals surface area contributed by atoms with Gasteiger partial charge < -0.3 is 18.9 Å². The average molecular weight is 200 g/mol. The number of rotatable bonds is 0. The smallest absolute Gasteiger partial charge is 0.223 e. The van der Waals surface area contributed by atoms with Crippen LogP contribution in [0, 0.1) is 0 Å². The first kappa shape index (κ1) is 9.09. The third-order valence-corrected chi connectivity index (χ3v) is 3.35. The minimum Gasteiger partial charge on any atom is -0.343 e. The molecular formula is C10H16O4. The molecule has 2 saturated heterocycles. The lowest BCUT2D eigenvalue weighted by Crippen LogP contribution is -2.58. The van der Waals surface area contributed by atoms with Crippen molar-refractivity contribution in [2.45, 2.75) is 37.3 Å². The van der Waals surface area contributed by atoms with Crippen LogP contribution in [-0.2, 0) is 18.9 Å². The van der Waals surface area contributed by atoms with Crippen LogP contribution in [0.4, 0.5) is 0 Å². The summed E-state index contributed by atoms with van der Waals surface area (Å²) in [6.07, 6.45) is 4.06. The molecule has 0 bridgehead atoms. The second kappa shape index (κ2) is 3.17. The van der Waals surface area contributed by atoms with E-state index in [1.165, 1.54) is 0 Å². The van der Waals surface area contributed by atoms with Gasteiger partial charge in [0.15, 0.2) is 0 Å². The van der Waals surface area contributed by atoms with E-state index in [1.807, 2.05) is 0 Å². The van der Waals surface area contributed by atoms with Gasteiger partial charge in [0.1, 0.15) is 0 Å². The molecule has 4 nitrogen and oxygen atoms in total. The number of hydrogen-bond donors (Lipinski definition) is 0. The Morgan fingerprint density at radius 2 is 0.929 bits per heavy atom. The number of ether oxygens (including phenoxy) is 4. The van der Waals surface area contributed by atoms with Gasteiger partial charge in [-0.2, -0.15) is 0 Å². The minimum atomic E-state index is -0.595. The monoisotopic (exact) mass is 200 g/mol. The van der Waals surface area contributed by atoms with E-state index >= 15 is 0 Å². The molecule has 0 N–H and O–H groups in total. The molecule has 2 spiro atoms. The fourth-order valence-corrected chi connectivity index (χ4v) is 2.73. The topological polar surface area (TPSA) is 36.9 Å². The Kier molecular flexibility index (Phi) is 2.06. The molecule has 2 heterocycles. The predicted octanol–water partition coefficient (Wildman–Crippen LogP) is 1.05. The van der Waals surface area contributed by atoms with E-state index in [1.54, 1.807) is 0 Å². The van der Waals surface area contributed by atoms with Crippen molar-refractivity contribution in [3.05, 3.63) is 0 Å². The minimum absolute atomic E-state index is 0.595. The molecule has 3 aliphatic rings. The summed E-state index contributed by atoms with van der Waals surface area (Å²) in [5.74, 6) is -1.19. The normalized spacial score (nSPS) is 34.3. The van der Waals surface area contributed by atoms with E-state index in [4.69, 9.17) is 18.9 Å². The lowest BCUT2D eigenvalue weighted by atomic mass is 9.87. The van der Waals surface area contributed by atoms with E-state index in [-0.39, 0.29) is 0 Å². The van der Waals surface area contributed by atoms with E-state index in [0.29, 0.717) is 26.4 Å². The van der Waals surface area contributed by atoms with Crippen LogP contribution in [0.3, 0.4) is 0 Å². The van der Waals surface area contributed by atoms with E-state index < -0.39 is 11.6 Å². The van der Waals surface area contributed by atoms with Gasteiger partial charge in [0.25, 0.3) is 0 Å². The van der Waals surface area contributed by atoms with Crippen LogP contribution >= 0.6 is 0 Å². The van der Waals surface area contributed by atoms with E-state index in [2.05, 4.69) is 0 Å². The molecule has 1 saturated carbocycles. The quantitative estimate of drug-likeness (QED) is 0.585. The first-order valence-corrected chi connectivity index (χ1v) is 5.43. The third-order valence-electron chi connectivity index (χ3n) is 3.35. The van der Waals surface area contributed by atoms with Gasteiger partial charge in [-0.05, 0) is 12.8 Å². The molecule has 0 radical (unpaired) electrons. The maximum absolute atomic E-state index is 5.75. The Balaban J connectivity index is 1.91. The molecule has 3 rings (SSSR count). The van der Waals surface area contributed by atoms with Crippen LogP contribution in [0.15, 0.2) is 0 Å². The summed E-state index contributed by atoms with van der Waals surface area (Å²) in [5.41, 5.74) is 0. The van der Waals surface area contributed by atoms with Gasteiger partial charge in [-0.3, -0.25) is 0 Å². The first-order valence-electron chi connectivity index (χ1n) is 5.43. The summed E-state index contributed by atoms with van der Waals surface area (Å²) in [6, 6.07) is 0. The summed E-state index contributed by atoms with van der Waals surface area (Å²) in [7, 11) is 0. The van der Waals surface area contributed by atoms with Gasteiger partial charge in [0.05, 0.1) is 26.4 Å². The Labute approximate surface area is 83.5 Å². The van der Waals surface area contributed by atoms with Crippen molar-refractivity contribution >= 4 is 0 Å². The Hall–Kier alpha value is -0.160. The molecule has 80 valence electrons. The van der Waals surface area contributed by atoms with Crippen molar-refractivity contribution in [2.24, 2.45) is 0 Å². The largest absolute Gasteiger partial charge is 0.343 e. The van der Waals surface area contributed by atoms with Gasteiger partial charge in [0, 0.05) is 12.8 Å². The fraction of sp³-hybridized carbons (Fsp3) is 1.00. The van der Waals surface area contributed by atoms with E-state index in [9.17, 15) is 0 Å². The molecule has 0 aromatic heterocycles. The maximum Gasteiger partial charge on any atom is 0.223 e. The number of hydrogen-bond acceptors (Lipinski definition) is 4. The highest BCUT2D eigenvalue weighted by atomic mass is 16.8. The van der Waals surface area contributed by atoms with Crippen LogP contribution in [-0.4, -0.2) is 38.0 Å². The highest BCUT2D eigenvalue weighted by molar-refractivity contribution is 4.96. The molecule has 14 heavy (non-hydrogen) atoms. The van der Waals surface area contributed by atoms with Crippen LogP contribution < -0.4 is 0 Å². The standard InChI is InChI=1S/C10H16O4/c1-2-4-10(13-7-8-14-10)9(3-1)11-5-6-12-9/h1-8H2. The van der Waals surface area contributed by atoms with E-state index in [0.717, 1.165) is 25.7 Å². The van der Waals surface area contributed by atoms with Crippen molar-refractivity contribution in [2.75, 3.05) is 26.4 Å². The fourth-order valence-electron chi connectivity index (χ4n) is 2.73. The predicted molar refractivity (Wildman–Crippen MR) is 47.7 cm³/mol. The molecule has 3 fully saturated rings. The lowest BCUT2D eigenvalue weighted by Gasteiger charge is -2.45. The summed E-state index contributed by atoms with van der Waals surface area (Å²) in [6.45, 7) is 2.64. The molecule has 0 amide bonds. The van der Waals surface area contributed by atoms with Crippen molar-refractivity contribution < 1.29 is 18.9 Å². The summed E-state index contributed by atoms with van der Waals surface area (Å²) in [4.78, 5) is 0. The SMILES string of the molecule is C1CCC2(OCCO2)C2(C1)OCCO2. The molecular weight excluding hydrogens is 184 g/mol. The zero-order valence-corrected chi connectivity index (χ0v) is 8.29. The van der Waals surface area contributed by atoms with Gasteiger partial charge in [0.2, 0.25) is 11.6 Å². The molecule has 1 aliphatic carbocycles. The zero-order chi connectivity index (χ0) is 9.49. The highest BCUT2D eigenvalue weighted by Crippen LogP contribution is 2.47. The second-order valence-corrected chi connectivity index (χ2v) is 4.11. The third kappa shape index (κ3) is 1.08. The Morgan fingerprint density at radius 1 is 0.571 bits per heavy atom. The van der Waals surface area contributed by atoms with Crippen molar-refractivity contribution in [3.8, 4) is 0 Å². The molecule has 0 atom stereocenters. The maximum atomic E-state index is 5.75. The van der Waals surface area contributed by atoms with Crippen molar-refractivity contribution in [1.82, 2.24) is 0 Å². The van der Waals surface area contributed by atoms with Crippen LogP contribution in [0.1, 0.15) is 25.7 Å². The molecule has 0 aromatic carbocycles. The summed E-state index contributed by atoms with van der Waals surface area (Å²) >= 11 is 0. The average Bonchev–Trinajstić information content (AvgIpc) is 2.81. The molecule has 0 unspecified atom stereocenters. The molecule has 4 heteroatoms. The van der Waals surface area contributed by atoms with Gasteiger partial charge in [-0.1, -0.05) is 0 Å². The Bertz CT molecular complexity index is 192. The summed E-state index contributed by atoms with van der Waals surface area (Å²) < 4.78 is 23.0. The molecule has 0 aromatic rings. The van der Waals surface area contributed by atoms with Crippen molar-refractivity contribution in [3.63, 3.8) is 0 Å². The summed E-state index contributed by atoms with van der Waals surface area (Å²) in [5, 5.41) is 0. The molecule has 2 aliphatic heterocycles. The Morgan fingerprint density at radius 3 is 1.29 bits per heavy atom. The van der Waals surface area contributed by atoms with Gasteiger partial charge in [-0.25, -0.2) is 0 Å².